The molecule has 0 amide bonds. The zero-order valence-corrected chi connectivity index (χ0v) is 15.9. The Hall–Kier alpha value is -3.32. The molecule has 0 radical (unpaired) electrons. The number of phenolic OH excluding ortho intramolecular Hbond substituents is 1. The Morgan fingerprint density at radius 2 is 1.41 bits per heavy atom. The van der Waals surface area contributed by atoms with Gasteiger partial charge < -0.3 is 15.7 Å². The Kier molecular flexibility index (Phi) is 6.51. The molecule has 1 aliphatic rings. The normalized spacial score (nSPS) is 13.0. The van der Waals surface area contributed by atoms with E-state index in [1.54, 1.807) is 12.1 Å². The second-order valence-corrected chi connectivity index (χ2v) is 6.69. The molecule has 0 saturated carbocycles. The van der Waals surface area contributed by atoms with E-state index in [0.29, 0.717) is 5.69 Å². The number of nitrogen functional groups attached to an aromatic ring is 1. The lowest BCUT2D eigenvalue weighted by Gasteiger charge is -2.23. The summed E-state index contributed by atoms with van der Waals surface area (Å²) >= 11 is 0. The summed E-state index contributed by atoms with van der Waals surface area (Å²) in [7, 11) is 0. The van der Waals surface area contributed by atoms with Crippen molar-refractivity contribution >= 4 is 22.7 Å². The van der Waals surface area contributed by atoms with Gasteiger partial charge in [0.15, 0.2) is 17.4 Å². The molecule has 3 aromatic rings. The SMILES string of the molecule is Nc1cc(F)c(O)c(F)c1N(N)c1ccc(N2CCCC2)cc1.c1ccccc1. The van der Waals surface area contributed by atoms with Crippen LogP contribution in [0.4, 0.5) is 31.5 Å². The first-order valence-corrected chi connectivity index (χ1v) is 9.35. The molecule has 5 N–H and O–H groups in total. The van der Waals surface area contributed by atoms with Gasteiger partial charge in [-0.25, -0.2) is 14.6 Å². The van der Waals surface area contributed by atoms with Crippen molar-refractivity contribution in [2.45, 2.75) is 12.8 Å². The number of anilines is 4. The summed E-state index contributed by atoms with van der Waals surface area (Å²) in [5, 5.41) is 10.4. The number of benzene rings is 3. The molecule has 1 heterocycles. The number of hydrogen-bond donors (Lipinski definition) is 3. The summed E-state index contributed by atoms with van der Waals surface area (Å²) in [5.41, 5.74) is 6.72. The Morgan fingerprint density at radius 3 is 1.93 bits per heavy atom. The van der Waals surface area contributed by atoms with Gasteiger partial charge in [0.05, 0.1) is 11.4 Å². The molecule has 152 valence electrons. The van der Waals surface area contributed by atoms with Crippen LogP contribution in [0.5, 0.6) is 5.75 Å². The number of rotatable bonds is 3. The molecule has 1 fully saturated rings. The predicted molar refractivity (Wildman–Crippen MR) is 113 cm³/mol. The average Bonchev–Trinajstić information content (AvgIpc) is 3.29. The van der Waals surface area contributed by atoms with Gasteiger partial charge in [0, 0.05) is 24.8 Å². The van der Waals surface area contributed by atoms with Crippen LogP contribution in [0.2, 0.25) is 0 Å². The van der Waals surface area contributed by atoms with Crippen molar-refractivity contribution in [3.05, 3.63) is 78.4 Å². The number of aromatic hydroxyl groups is 1. The smallest absolute Gasteiger partial charge is 0.195 e. The molecule has 3 aromatic carbocycles. The molecule has 5 nitrogen and oxygen atoms in total. The lowest BCUT2D eigenvalue weighted by Crippen LogP contribution is -2.27. The Bertz CT molecular complexity index is 903. The van der Waals surface area contributed by atoms with Crippen molar-refractivity contribution in [3.8, 4) is 5.75 Å². The van der Waals surface area contributed by atoms with Crippen molar-refractivity contribution < 1.29 is 13.9 Å². The van der Waals surface area contributed by atoms with Gasteiger partial charge in [-0.1, -0.05) is 36.4 Å². The second-order valence-electron chi connectivity index (χ2n) is 6.69. The van der Waals surface area contributed by atoms with Crippen LogP contribution in [0.15, 0.2) is 66.7 Å². The van der Waals surface area contributed by atoms with E-state index in [-0.39, 0.29) is 11.4 Å². The zero-order valence-electron chi connectivity index (χ0n) is 15.9. The lowest BCUT2D eigenvalue weighted by atomic mass is 10.2. The first-order valence-electron chi connectivity index (χ1n) is 9.35. The predicted octanol–water partition coefficient (Wildman–Crippen LogP) is 4.55. The number of nitrogens with two attached hydrogens (primary N) is 2. The minimum Gasteiger partial charge on any atom is -0.503 e. The van der Waals surface area contributed by atoms with E-state index in [9.17, 15) is 13.9 Å². The average molecular weight is 398 g/mol. The number of halogens is 2. The van der Waals surface area contributed by atoms with Crippen molar-refractivity contribution in [1.82, 2.24) is 0 Å². The van der Waals surface area contributed by atoms with Crippen LogP contribution in [0, 0.1) is 11.6 Å². The third-order valence-corrected chi connectivity index (χ3v) is 4.70. The first kappa shape index (κ1) is 20.4. The summed E-state index contributed by atoms with van der Waals surface area (Å²) in [5.74, 6) is 2.50. The van der Waals surface area contributed by atoms with Crippen molar-refractivity contribution in [2.75, 3.05) is 28.7 Å². The third kappa shape index (κ3) is 4.75. The molecule has 0 bridgehead atoms. The van der Waals surface area contributed by atoms with Crippen LogP contribution in [0.25, 0.3) is 0 Å². The summed E-state index contributed by atoms with van der Waals surface area (Å²) in [6.07, 6.45) is 2.34. The standard InChI is InChI=1S/C16H18F2N4O.C6H6/c17-12-9-13(19)15(14(18)16(12)23)22(20)11-5-3-10(4-6-11)21-7-1-2-8-21;1-2-4-6-5-3-1/h3-6,9,23H,1-2,7-8,19-20H2;1-6H. The van der Waals surface area contributed by atoms with Crippen LogP contribution in [-0.2, 0) is 0 Å². The molecule has 7 heteroatoms. The van der Waals surface area contributed by atoms with Crippen LogP contribution >= 0.6 is 0 Å². The molecule has 0 aromatic heterocycles. The molecule has 0 spiro atoms. The van der Waals surface area contributed by atoms with Gasteiger partial charge in [-0.3, -0.25) is 5.01 Å². The largest absolute Gasteiger partial charge is 0.503 e. The monoisotopic (exact) mass is 398 g/mol. The maximum absolute atomic E-state index is 14.1. The van der Waals surface area contributed by atoms with Gasteiger partial charge in [0.2, 0.25) is 0 Å². The Labute approximate surface area is 168 Å². The fourth-order valence-electron chi connectivity index (χ4n) is 3.18. The quantitative estimate of drug-likeness (QED) is 0.261. The van der Waals surface area contributed by atoms with Crippen LogP contribution < -0.4 is 21.5 Å². The number of hydrogen-bond acceptors (Lipinski definition) is 5. The molecule has 1 aliphatic heterocycles. The van der Waals surface area contributed by atoms with E-state index in [2.05, 4.69) is 4.90 Å². The molecular weight excluding hydrogens is 374 g/mol. The Balaban J connectivity index is 0.000000343. The van der Waals surface area contributed by atoms with E-state index in [0.717, 1.165) is 29.9 Å². The van der Waals surface area contributed by atoms with Crippen LogP contribution in [0.3, 0.4) is 0 Å². The van der Waals surface area contributed by atoms with E-state index in [1.807, 2.05) is 48.5 Å². The highest BCUT2D eigenvalue weighted by Crippen LogP contribution is 2.37. The van der Waals surface area contributed by atoms with Crippen molar-refractivity contribution in [2.24, 2.45) is 5.84 Å². The van der Waals surface area contributed by atoms with E-state index in [1.165, 1.54) is 12.8 Å². The van der Waals surface area contributed by atoms with Crippen LogP contribution in [-0.4, -0.2) is 18.2 Å². The van der Waals surface area contributed by atoms with E-state index < -0.39 is 17.4 Å². The number of hydrazine groups is 1. The van der Waals surface area contributed by atoms with Gasteiger partial charge in [-0.2, -0.15) is 0 Å². The molecule has 1 saturated heterocycles. The van der Waals surface area contributed by atoms with E-state index >= 15 is 0 Å². The minimum atomic E-state index is -1.19. The maximum atomic E-state index is 14.1. The lowest BCUT2D eigenvalue weighted by molar-refractivity contribution is 0.397. The first-order chi connectivity index (χ1) is 14.0. The minimum absolute atomic E-state index is 0.191. The summed E-state index contributed by atoms with van der Waals surface area (Å²) < 4.78 is 27.4. The highest BCUT2D eigenvalue weighted by molar-refractivity contribution is 5.76. The van der Waals surface area contributed by atoms with Gasteiger partial charge in [0.1, 0.15) is 5.69 Å². The molecule has 0 unspecified atom stereocenters. The Morgan fingerprint density at radius 1 is 0.897 bits per heavy atom. The summed E-state index contributed by atoms with van der Waals surface area (Å²) in [4.78, 5) is 2.25. The fraction of sp³-hybridized carbons (Fsp3) is 0.182. The summed E-state index contributed by atoms with van der Waals surface area (Å²) in [6.45, 7) is 2.03. The van der Waals surface area contributed by atoms with Crippen LogP contribution in [0.1, 0.15) is 12.8 Å². The topological polar surface area (TPSA) is 78.8 Å². The highest BCUT2D eigenvalue weighted by atomic mass is 19.1. The third-order valence-electron chi connectivity index (χ3n) is 4.70. The number of nitrogens with zero attached hydrogens (tertiary/aromatic N) is 2. The molecule has 0 atom stereocenters. The van der Waals surface area contributed by atoms with Crippen molar-refractivity contribution in [1.29, 1.82) is 0 Å². The van der Waals surface area contributed by atoms with Gasteiger partial charge in [-0.05, 0) is 37.1 Å². The summed E-state index contributed by atoms with van der Waals surface area (Å²) in [6, 6.07) is 20.1. The number of phenols is 1. The van der Waals surface area contributed by atoms with E-state index in [4.69, 9.17) is 11.6 Å². The molecule has 0 aliphatic carbocycles. The highest BCUT2D eigenvalue weighted by Gasteiger charge is 2.21. The second kappa shape index (κ2) is 9.25. The van der Waals surface area contributed by atoms with Crippen molar-refractivity contribution in [3.63, 3.8) is 0 Å². The van der Waals surface area contributed by atoms with Gasteiger partial charge in [-0.15, -0.1) is 0 Å². The fourth-order valence-corrected chi connectivity index (χ4v) is 3.18. The maximum Gasteiger partial charge on any atom is 0.195 e. The van der Waals surface area contributed by atoms with Gasteiger partial charge in [0.25, 0.3) is 0 Å². The van der Waals surface area contributed by atoms with Gasteiger partial charge >= 0.3 is 0 Å². The molecule has 4 rings (SSSR count). The molecular formula is C22H24F2N4O. The molecule has 29 heavy (non-hydrogen) atoms. The zero-order chi connectivity index (χ0) is 20.8.